The van der Waals surface area contributed by atoms with Crippen LogP contribution in [0.1, 0.15) is 33.6 Å². The number of nitrogens with one attached hydrogen (secondary N) is 1. The molecule has 1 fully saturated rings. The first-order valence-electron chi connectivity index (χ1n) is 6.33. The van der Waals surface area contributed by atoms with Crippen molar-refractivity contribution in [2.45, 2.75) is 45.7 Å². The van der Waals surface area contributed by atoms with Crippen molar-refractivity contribution >= 4 is 0 Å². The van der Waals surface area contributed by atoms with Crippen molar-refractivity contribution in [2.75, 3.05) is 32.8 Å². The van der Waals surface area contributed by atoms with Gasteiger partial charge in [-0.05, 0) is 20.3 Å². The molecule has 1 aliphatic heterocycles. The molecule has 0 aromatic rings. The Balaban J connectivity index is 2.32. The molecule has 1 aliphatic rings. The molecule has 3 heteroatoms. The number of ether oxygens (including phenoxy) is 1. The molecule has 0 saturated carbocycles. The second-order valence-corrected chi connectivity index (χ2v) is 4.44. The van der Waals surface area contributed by atoms with Crippen LogP contribution in [0, 0.1) is 0 Å². The fourth-order valence-corrected chi connectivity index (χ4v) is 2.25. The maximum Gasteiger partial charge on any atom is 0.0593 e. The van der Waals surface area contributed by atoms with E-state index in [1.807, 2.05) is 0 Å². The van der Waals surface area contributed by atoms with Gasteiger partial charge >= 0.3 is 0 Å². The Bertz CT molecular complexity index is 164. The lowest BCUT2D eigenvalue weighted by atomic mass is 10.1. The van der Waals surface area contributed by atoms with Crippen LogP contribution in [0.25, 0.3) is 0 Å². The van der Waals surface area contributed by atoms with E-state index in [2.05, 4.69) is 31.0 Å². The summed E-state index contributed by atoms with van der Waals surface area (Å²) >= 11 is 0. The third-order valence-corrected chi connectivity index (χ3v) is 3.08. The molecule has 15 heavy (non-hydrogen) atoms. The summed E-state index contributed by atoms with van der Waals surface area (Å²) < 4.78 is 5.44. The molecule has 2 atom stereocenters. The van der Waals surface area contributed by atoms with Crippen molar-refractivity contribution in [2.24, 2.45) is 0 Å². The summed E-state index contributed by atoms with van der Waals surface area (Å²) in [5.74, 6) is 0. The lowest BCUT2D eigenvalue weighted by molar-refractivity contribution is 0.0695. The van der Waals surface area contributed by atoms with E-state index < -0.39 is 0 Å². The van der Waals surface area contributed by atoms with Gasteiger partial charge in [-0.2, -0.15) is 0 Å². The third-order valence-electron chi connectivity index (χ3n) is 3.08. The highest BCUT2D eigenvalue weighted by Gasteiger charge is 2.24. The van der Waals surface area contributed by atoms with Gasteiger partial charge < -0.3 is 10.1 Å². The molecule has 0 amide bonds. The normalized spacial score (nSPS) is 28.2. The second-order valence-electron chi connectivity index (χ2n) is 4.44. The topological polar surface area (TPSA) is 24.5 Å². The van der Waals surface area contributed by atoms with Crippen LogP contribution in [0.4, 0.5) is 0 Å². The fourth-order valence-electron chi connectivity index (χ4n) is 2.25. The first-order chi connectivity index (χ1) is 7.27. The Morgan fingerprint density at radius 1 is 1.40 bits per heavy atom. The first-order valence-corrected chi connectivity index (χ1v) is 6.33. The summed E-state index contributed by atoms with van der Waals surface area (Å²) in [7, 11) is 0. The van der Waals surface area contributed by atoms with Crippen LogP contribution < -0.4 is 5.32 Å². The van der Waals surface area contributed by atoms with Gasteiger partial charge in [0.05, 0.1) is 6.61 Å². The Morgan fingerprint density at radius 3 is 2.87 bits per heavy atom. The minimum absolute atomic E-state index is 0.625. The summed E-state index contributed by atoms with van der Waals surface area (Å²) in [6.45, 7) is 11.7. The predicted octanol–water partition coefficient (Wildman–Crippen LogP) is 1.49. The molecule has 0 bridgehead atoms. The summed E-state index contributed by atoms with van der Waals surface area (Å²) in [5.41, 5.74) is 0. The van der Waals surface area contributed by atoms with E-state index in [-0.39, 0.29) is 0 Å². The molecule has 1 rings (SSSR count). The predicted molar refractivity (Wildman–Crippen MR) is 64.2 cm³/mol. The van der Waals surface area contributed by atoms with Gasteiger partial charge in [0.25, 0.3) is 0 Å². The maximum atomic E-state index is 5.44. The van der Waals surface area contributed by atoms with E-state index in [0.717, 1.165) is 32.8 Å². The smallest absolute Gasteiger partial charge is 0.0593 e. The van der Waals surface area contributed by atoms with E-state index in [1.54, 1.807) is 0 Å². The molecule has 1 heterocycles. The number of nitrogens with zero attached hydrogens (tertiary/aromatic N) is 1. The molecule has 1 saturated heterocycles. The minimum Gasteiger partial charge on any atom is -0.380 e. The van der Waals surface area contributed by atoms with Gasteiger partial charge in [0.1, 0.15) is 0 Å². The van der Waals surface area contributed by atoms with E-state index in [9.17, 15) is 0 Å². The largest absolute Gasteiger partial charge is 0.380 e. The zero-order valence-corrected chi connectivity index (χ0v) is 10.5. The summed E-state index contributed by atoms with van der Waals surface area (Å²) in [6.07, 6.45) is 2.57. The minimum atomic E-state index is 0.625. The summed E-state index contributed by atoms with van der Waals surface area (Å²) in [6, 6.07) is 1.34. The van der Waals surface area contributed by atoms with E-state index >= 15 is 0 Å². The molecule has 0 spiro atoms. The first kappa shape index (κ1) is 12.9. The van der Waals surface area contributed by atoms with Crippen molar-refractivity contribution in [1.82, 2.24) is 10.2 Å². The molecule has 3 nitrogen and oxygen atoms in total. The highest BCUT2D eigenvalue weighted by molar-refractivity contribution is 4.83. The van der Waals surface area contributed by atoms with E-state index in [0.29, 0.717) is 12.1 Å². The Kier molecular flexibility index (Phi) is 6.22. The van der Waals surface area contributed by atoms with Crippen LogP contribution >= 0.6 is 0 Å². The Labute approximate surface area is 94.2 Å². The molecule has 0 radical (unpaired) electrons. The van der Waals surface area contributed by atoms with Gasteiger partial charge in [-0.25, -0.2) is 0 Å². The van der Waals surface area contributed by atoms with Crippen LogP contribution in [0.15, 0.2) is 0 Å². The van der Waals surface area contributed by atoms with Crippen molar-refractivity contribution < 1.29 is 4.74 Å². The monoisotopic (exact) mass is 214 g/mol. The zero-order chi connectivity index (χ0) is 11.1. The van der Waals surface area contributed by atoms with Crippen LogP contribution in [0.3, 0.4) is 0 Å². The molecular formula is C12H26N2O. The van der Waals surface area contributed by atoms with Gasteiger partial charge in [-0.1, -0.05) is 13.3 Å². The third kappa shape index (κ3) is 4.49. The van der Waals surface area contributed by atoms with Crippen LogP contribution in [0.5, 0.6) is 0 Å². The number of hydrogen-bond acceptors (Lipinski definition) is 3. The summed E-state index contributed by atoms with van der Waals surface area (Å²) in [5, 5.41) is 3.55. The van der Waals surface area contributed by atoms with Crippen LogP contribution in [-0.4, -0.2) is 49.8 Å². The lowest BCUT2D eigenvalue weighted by Gasteiger charge is -2.39. The van der Waals surface area contributed by atoms with Crippen molar-refractivity contribution in [3.8, 4) is 0 Å². The molecule has 0 aromatic carbocycles. The zero-order valence-electron chi connectivity index (χ0n) is 10.5. The van der Waals surface area contributed by atoms with Crippen molar-refractivity contribution in [3.05, 3.63) is 0 Å². The second kappa shape index (κ2) is 7.20. The molecule has 0 aliphatic carbocycles. The maximum absolute atomic E-state index is 5.44. The van der Waals surface area contributed by atoms with Gasteiger partial charge in [0.2, 0.25) is 0 Å². The van der Waals surface area contributed by atoms with E-state index in [1.165, 1.54) is 12.8 Å². The van der Waals surface area contributed by atoms with Crippen LogP contribution in [0.2, 0.25) is 0 Å². The highest BCUT2D eigenvalue weighted by atomic mass is 16.5. The van der Waals surface area contributed by atoms with Gasteiger partial charge in [-0.3, -0.25) is 4.90 Å². The number of piperazine rings is 1. The quantitative estimate of drug-likeness (QED) is 0.678. The molecule has 1 N–H and O–H groups in total. The average molecular weight is 214 g/mol. The fraction of sp³-hybridized carbons (Fsp3) is 1.00. The van der Waals surface area contributed by atoms with E-state index in [4.69, 9.17) is 4.74 Å². The molecule has 90 valence electrons. The Hall–Kier alpha value is -0.120. The Morgan fingerprint density at radius 2 is 2.20 bits per heavy atom. The summed E-state index contributed by atoms with van der Waals surface area (Å²) in [4.78, 5) is 2.58. The number of hydrogen-bond donors (Lipinski definition) is 1. The van der Waals surface area contributed by atoms with Gasteiger partial charge in [0, 0.05) is 38.3 Å². The SMILES string of the molecule is CCCC1CNC(C)CN1CCOCC. The molecule has 2 unspecified atom stereocenters. The van der Waals surface area contributed by atoms with Crippen LogP contribution in [-0.2, 0) is 4.74 Å². The average Bonchev–Trinajstić information content (AvgIpc) is 2.22. The molecule has 0 aromatic heterocycles. The highest BCUT2D eigenvalue weighted by Crippen LogP contribution is 2.11. The van der Waals surface area contributed by atoms with Gasteiger partial charge in [-0.15, -0.1) is 0 Å². The van der Waals surface area contributed by atoms with Gasteiger partial charge in [0.15, 0.2) is 0 Å². The standard InChI is InChI=1S/C12H26N2O/c1-4-6-12-9-13-11(3)10-14(12)7-8-15-5-2/h11-13H,4-10H2,1-3H3. The molecular weight excluding hydrogens is 188 g/mol. The van der Waals surface area contributed by atoms with Crippen molar-refractivity contribution in [3.63, 3.8) is 0 Å². The lowest BCUT2D eigenvalue weighted by Crippen LogP contribution is -2.56. The number of rotatable bonds is 6. The van der Waals surface area contributed by atoms with Crippen molar-refractivity contribution in [1.29, 1.82) is 0 Å².